The summed E-state index contributed by atoms with van der Waals surface area (Å²) in [5.74, 6) is 0.125. The number of nitrogens with one attached hydrogen (secondary N) is 1. The monoisotopic (exact) mass is 349 g/mol. The Kier molecular flexibility index (Phi) is 4.05. The molecule has 8 nitrogen and oxygen atoms in total. The summed E-state index contributed by atoms with van der Waals surface area (Å²) in [5, 5.41) is 16.0. The second-order valence-corrected chi connectivity index (χ2v) is 6.62. The van der Waals surface area contributed by atoms with Crippen molar-refractivity contribution in [2.45, 2.75) is 6.42 Å². The number of imidazole rings is 1. The third-order valence-electron chi connectivity index (χ3n) is 4.70. The number of nitrogens with zero attached hydrogens (tertiary/aromatic N) is 6. The van der Waals surface area contributed by atoms with Crippen molar-refractivity contribution in [3.05, 3.63) is 42.6 Å². The van der Waals surface area contributed by atoms with E-state index in [0.29, 0.717) is 24.7 Å². The van der Waals surface area contributed by atoms with E-state index in [1.165, 1.54) is 0 Å². The predicted octanol–water partition coefficient (Wildman–Crippen LogP) is 1.27. The molecule has 1 aliphatic rings. The molecule has 1 fully saturated rings. The van der Waals surface area contributed by atoms with Crippen molar-refractivity contribution in [3.63, 3.8) is 0 Å². The van der Waals surface area contributed by atoms with Gasteiger partial charge in [-0.25, -0.2) is 4.98 Å². The van der Waals surface area contributed by atoms with E-state index in [9.17, 15) is 4.79 Å². The zero-order valence-corrected chi connectivity index (χ0v) is 14.5. The van der Waals surface area contributed by atoms with E-state index in [4.69, 9.17) is 5.26 Å². The first-order valence-electron chi connectivity index (χ1n) is 8.53. The minimum absolute atomic E-state index is 0.188. The molecule has 1 aliphatic heterocycles. The highest BCUT2D eigenvalue weighted by atomic mass is 16.1. The first-order chi connectivity index (χ1) is 12.6. The van der Waals surface area contributed by atoms with Gasteiger partial charge in [-0.3, -0.25) is 9.48 Å². The Hall–Kier alpha value is -3.34. The van der Waals surface area contributed by atoms with Gasteiger partial charge in [0.05, 0.1) is 6.20 Å². The average molecular weight is 349 g/mol. The molecular formula is C18H19N7O. The molecule has 132 valence electrons. The summed E-state index contributed by atoms with van der Waals surface area (Å²) in [5.41, 5.74) is 3.14. The van der Waals surface area contributed by atoms with E-state index >= 15 is 0 Å². The summed E-state index contributed by atoms with van der Waals surface area (Å²) >= 11 is 0. The maximum atomic E-state index is 12.4. The lowest BCUT2D eigenvalue weighted by Crippen LogP contribution is -2.30. The molecule has 1 amide bonds. The molecule has 3 aromatic rings. The number of fused-ring (bicyclic) bond motifs is 1. The highest BCUT2D eigenvalue weighted by molar-refractivity contribution is 5.92. The van der Waals surface area contributed by atoms with E-state index in [0.717, 1.165) is 29.7 Å². The van der Waals surface area contributed by atoms with Crippen molar-refractivity contribution >= 4 is 11.6 Å². The first-order valence-corrected chi connectivity index (χ1v) is 8.53. The average Bonchev–Trinajstić information content (AvgIpc) is 3.37. The van der Waals surface area contributed by atoms with Crippen LogP contribution in [0.1, 0.15) is 16.9 Å². The van der Waals surface area contributed by atoms with Crippen LogP contribution in [0.15, 0.2) is 36.9 Å². The second-order valence-electron chi connectivity index (χ2n) is 6.62. The molecule has 1 N–H and O–H groups in total. The molecular weight excluding hydrogens is 330 g/mol. The van der Waals surface area contributed by atoms with Crippen LogP contribution in [-0.2, 0) is 7.05 Å². The number of likely N-dealkylation sites (tertiary alicyclic amines) is 1. The van der Waals surface area contributed by atoms with Gasteiger partial charge in [0.1, 0.15) is 11.3 Å². The summed E-state index contributed by atoms with van der Waals surface area (Å²) < 4.78 is 3.60. The zero-order valence-electron chi connectivity index (χ0n) is 14.5. The summed E-state index contributed by atoms with van der Waals surface area (Å²) in [4.78, 5) is 18.5. The Morgan fingerprint density at radius 1 is 1.35 bits per heavy atom. The van der Waals surface area contributed by atoms with Gasteiger partial charge in [-0.1, -0.05) is 0 Å². The molecule has 0 saturated carbocycles. The second kappa shape index (κ2) is 6.52. The fourth-order valence-electron chi connectivity index (χ4n) is 3.26. The van der Waals surface area contributed by atoms with E-state index < -0.39 is 0 Å². The van der Waals surface area contributed by atoms with Gasteiger partial charge in [-0.05, 0) is 24.5 Å². The van der Waals surface area contributed by atoms with E-state index in [2.05, 4.69) is 21.6 Å². The van der Waals surface area contributed by atoms with Gasteiger partial charge in [0.15, 0.2) is 6.19 Å². The fraction of sp³-hybridized carbons (Fsp3) is 0.333. The van der Waals surface area contributed by atoms with Crippen LogP contribution >= 0.6 is 0 Å². The Morgan fingerprint density at radius 2 is 2.23 bits per heavy atom. The van der Waals surface area contributed by atoms with Gasteiger partial charge in [0, 0.05) is 56.4 Å². The Bertz CT molecular complexity index is 997. The quantitative estimate of drug-likeness (QED) is 0.716. The number of carbonyl (C=O) groups is 1. The molecule has 26 heavy (non-hydrogen) atoms. The minimum Gasteiger partial charge on any atom is -0.350 e. The molecule has 0 aliphatic carbocycles. The number of amides is 1. The number of pyridine rings is 1. The van der Waals surface area contributed by atoms with E-state index in [1.807, 2.05) is 36.0 Å². The molecule has 0 aromatic carbocycles. The maximum absolute atomic E-state index is 12.4. The Morgan fingerprint density at radius 3 is 2.96 bits per heavy atom. The highest BCUT2D eigenvalue weighted by Gasteiger charge is 2.22. The lowest BCUT2D eigenvalue weighted by molar-refractivity contribution is 0.0943. The van der Waals surface area contributed by atoms with Crippen molar-refractivity contribution in [1.29, 1.82) is 5.26 Å². The van der Waals surface area contributed by atoms with Crippen LogP contribution in [-0.4, -0.2) is 49.6 Å². The lowest BCUT2D eigenvalue weighted by Gasteiger charge is -2.10. The van der Waals surface area contributed by atoms with Crippen molar-refractivity contribution in [2.24, 2.45) is 13.0 Å². The number of aryl methyl sites for hydroxylation is 1. The van der Waals surface area contributed by atoms with Crippen LogP contribution in [0.25, 0.3) is 16.8 Å². The molecule has 8 heteroatoms. The molecule has 1 atom stereocenters. The van der Waals surface area contributed by atoms with Crippen molar-refractivity contribution in [2.75, 3.05) is 19.6 Å². The summed E-state index contributed by atoms with van der Waals surface area (Å²) in [6.07, 6.45) is 10.5. The summed E-state index contributed by atoms with van der Waals surface area (Å²) in [7, 11) is 1.88. The van der Waals surface area contributed by atoms with Gasteiger partial charge in [-0.2, -0.15) is 10.4 Å². The molecule has 0 spiro atoms. The SMILES string of the molecule is Cn1cc(-c2ccc3nc(C(=O)NCC4CCN(C#N)C4)cn3c2)cn1. The van der Waals surface area contributed by atoms with Gasteiger partial charge >= 0.3 is 0 Å². The molecule has 3 aromatic heterocycles. The van der Waals surface area contributed by atoms with Gasteiger partial charge < -0.3 is 14.6 Å². The molecule has 0 bridgehead atoms. The van der Waals surface area contributed by atoms with Crippen LogP contribution in [0.2, 0.25) is 0 Å². The fourth-order valence-corrected chi connectivity index (χ4v) is 3.26. The Labute approximate surface area is 150 Å². The van der Waals surface area contributed by atoms with Crippen LogP contribution in [0.3, 0.4) is 0 Å². The molecule has 4 heterocycles. The number of rotatable bonds is 4. The molecule has 0 radical (unpaired) electrons. The molecule has 1 unspecified atom stereocenters. The standard InChI is InChI=1S/C18H19N7O/c1-23-9-15(7-21-23)14-2-3-17-22-16(11-25(17)10-14)18(26)20-6-13-4-5-24(8-13)12-19/h2-3,7,9-11,13H,4-6,8H2,1H3,(H,20,26). The van der Waals surface area contributed by atoms with Gasteiger partial charge in [-0.15, -0.1) is 0 Å². The summed E-state index contributed by atoms with van der Waals surface area (Å²) in [6, 6.07) is 3.86. The van der Waals surface area contributed by atoms with E-state index in [1.54, 1.807) is 22.0 Å². The predicted molar refractivity (Wildman–Crippen MR) is 95.0 cm³/mol. The number of nitriles is 1. The van der Waals surface area contributed by atoms with Crippen LogP contribution in [0.5, 0.6) is 0 Å². The Balaban J connectivity index is 1.46. The van der Waals surface area contributed by atoms with Crippen LogP contribution in [0.4, 0.5) is 0 Å². The summed E-state index contributed by atoms with van der Waals surface area (Å²) in [6.45, 7) is 2.03. The topological polar surface area (TPSA) is 91.2 Å². The highest BCUT2D eigenvalue weighted by Crippen LogP contribution is 2.19. The van der Waals surface area contributed by atoms with Crippen LogP contribution in [0, 0.1) is 17.4 Å². The van der Waals surface area contributed by atoms with Crippen LogP contribution < -0.4 is 5.32 Å². The van der Waals surface area contributed by atoms with Gasteiger partial charge in [0.25, 0.3) is 5.91 Å². The first kappa shape index (κ1) is 16.1. The van der Waals surface area contributed by atoms with Gasteiger partial charge in [0.2, 0.25) is 0 Å². The number of hydrogen-bond acceptors (Lipinski definition) is 5. The maximum Gasteiger partial charge on any atom is 0.271 e. The minimum atomic E-state index is -0.188. The largest absolute Gasteiger partial charge is 0.350 e. The van der Waals surface area contributed by atoms with Crippen molar-refractivity contribution < 1.29 is 4.79 Å². The smallest absolute Gasteiger partial charge is 0.271 e. The molecule has 4 rings (SSSR count). The number of hydrogen-bond donors (Lipinski definition) is 1. The zero-order chi connectivity index (χ0) is 18.1. The number of aromatic nitrogens is 4. The van der Waals surface area contributed by atoms with E-state index in [-0.39, 0.29) is 5.91 Å². The molecule has 1 saturated heterocycles. The normalized spacial score (nSPS) is 16.8. The third kappa shape index (κ3) is 3.11. The third-order valence-corrected chi connectivity index (χ3v) is 4.70. The number of carbonyl (C=O) groups excluding carboxylic acids is 1. The van der Waals surface area contributed by atoms with Crippen molar-refractivity contribution in [1.82, 2.24) is 29.4 Å². The van der Waals surface area contributed by atoms with Crippen molar-refractivity contribution in [3.8, 4) is 17.3 Å². The lowest BCUT2D eigenvalue weighted by atomic mass is 10.1.